The SMILES string of the molecule is CCc1ccc(C(=O)CSc2nc3ccccc3c(=O)n2Cc2ccc(F)cc2)cc1. The predicted octanol–water partition coefficient (Wildman–Crippen LogP) is 5.12. The van der Waals surface area contributed by atoms with Crippen LogP contribution in [0.2, 0.25) is 0 Å². The van der Waals surface area contributed by atoms with Crippen LogP contribution in [0.5, 0.6) is 0 Å². The summed E-state index contributed by atoms with van der Waals surface area (Å²) in [5.41, 5.74) is 3.00. The van der Waals surface area contributed by atoms with Gasteiger partial charge in [-0.05, 0) is 41.8 Å². The van der Waals surface area contributed by atoms with Crippen molar-refractivity contribution in [3.8, 4) is 0 Å². The highest BCUT2D eigenvalue weighted by molar-refractivity contribution is 7.99. The van der Waals surface area contributed by atoms with Crippen molar-refractivity contribution >= 4 is 28.4 Å². The van der Waals surface area contributed by atoms with Crippen molar-refractivity contribution in [3.05, 3.63) is 106 Å². The lowest BCUT2D eigenvalue weighted by atomic mass is 10.1. The van der Waals surface area contributed by atoms with Gasteiger partial charge in [0.25, 0.3) is 5.56 Å². The quantitative estimate of drug-likeness (QED) is 0.231. The van der Waals surface area contributed by atoms with E-state index in [0.29, 0.717) is 21.6 Å². The number of rotatable bonds is 7. The number of halogens is 1. The summed E-state index contributed by atoms with van der Waals surface area (Å²) in [6.45, 7) is 2.32. The molecule has 0 aliphatic carbocycles. The number of ketones is 1. The molecule has 0 unspecified atom stereocenters. The molecule has 0 saturated heterocycles. The van der Waals surface area contributed by atoms with Crippen LogP contribution in [-0.2, 0) is 13.0 Å². The highest BCUT2D eigenvalue weighted by atomic mass is 32.2. The average molecular weight is 433 g/mol. The largest absolute Gasteiger partial charge is 0.293 e. The van der Waals surface area contributed by atoms with Gasteiger partial charge < -0.3 is 0 Å². The standard InChI is InChI=1S/C25H21FN2O2S/c1-2-17-7-11-19(12-8-17)23(29)16-31-25-27-22-6-4-3-5-21(22)24(30)28(25)15-18-9-13-20(26)14-10-18/h3-14H,2,15-16H2,1H3. The van der Waals surface area contributed by atoms with E-state index in [0.717, 1.165) is 12.0 Å². The summed E-state index contributed by atoms with van der Waals surface area (Å²) in [5.74, 6) is -0.190. The van der Waals surface area contributed by atoms with Gasteiger partial charge in [-0.3, -0.25) is 14.2 Å². The second kappa shape index (κ2) is 9.27. The fourth-order valence-corrected chi connectivity index (χ4v) is 4.20. The first-order valence-electron chi connectivity index (χ1n) is 10.0. The van der Waals surface area contributed by atoms with Crippen LogP contribution in [0.4, 0.5) is 4.39 Å². The third-order valence-corrected chi connectivity index (χ3v) is 6.07. The molecule has 0 saturated carbocycles. The van der Waals surface area contributed by atoms with Gasteiger partial charge >= 0.3 is 0 Å². The van der Waals surface area contributed by atoms with Crippen LogP contribution in [-0.4, -0.2) is 21.1 Å². The molecule has 0 spiro atoms. The van der Waals surface area contributed by atoms with Gasteiger partial charge in [0.1, 0.15) is 5.82 Å². The molecular weight excluding hydrogens is 411 g/mol. The van der Waals surface area contributed by atoms with E-state index >= 15 is 0 Å². The van der Waals surface area contributed by atoms with Crippen molar-refractivity contribution in [3.63, 3.8) is 0 Å². The van der Waals surface area contributed by atoms with E-state index in [2.05, 4.69) is 11.9 Å². The first kappa shape index (κ1) is 21.0. The van der Waals surface area contributed by atoms with Crippen LogP contribution >= 0.6 is 11.8 Å². The molecule has 4 aromatic rings. The lowest BCUT2D eigenvalue weighted by Crippen LogP contribution is -2.24. The summed E-state index contributed by atoms with van der Waals surface area (Å²) in [7, 11) is 0. The van der Waals surface area contributed by atoms with Gasteiger partial charge in [0.2, 0.25) is 0 Å². The van der Waals surface area contributed by atoms with Gasteiger partial charge in [0.05, 0.1) is 23.2 Å². The zero-order valence-electron chi connectivity index (χ0n) is 17.0. The molecule has 6 heteroatoms. The fourth-order valence-electron chi connectivity index (χ4n) is 3.31. The van der Waals surface area contributed by atoms with Crippen molar-refractivity contribution in [1.82, 2.24) is 9.55 Å². The molecule has 4 rings (SSSR count). The number of nitrogens with zero attached hydrogens (tertiary/aromatic N) is 2. The number of benzene rings is 3. The van der Waals surface area contributed by atoms with E-state index < -0.39 is 0 Å². The topological polar surface area (TPSA) is 52.0 Å². The van der Waals surface area contributed by atoms with E-state index in [1.54, 1.807) is 34.9 Å². The number of Topliss-reactive ketones (excluding diaryl/α,β-unsaturated/α-hetero) is 1. The molecule has 0 radical (unpaired) electrons. The number of carbonyl (C=O) groups is 1. The Morgan fingerprint density at radius 2 is 1.65 bits per heavy atom. The Morgan fingerprint density at radius 3 is 2.35 bits per heavy atom. The van der Waals surface area contributed by atoms with Crippen LogP contribution in [0.15, 0.2) is 82.7 Å². The molecule has 31 heavy (non-hydrogen) atoms. The first-order chi connectivity index (χ1) is 15.0. The van der Waals surface area contributed by atoms with Crippen molar-refractivity contribution in [2.45, 2.75) is 25.0 Å². The molecule has 1 aromatic heterocycles. The first-order valence-corrected chi connectivity index (χ1v) is 11.0. The van der Waals surface area contributed by atoms with Crippen LogP contribution < -0.4 is 5.56 Å². The number of aryl methyl sites for hydroxylation is 1. The number of fused-ring (bicyclic) bond motifs is 1. The number of thioether (sulfide) groups is 1. The molecular formula is C25H21FN2O2S. The molecule has 0 aliphatic rings. The van der Waals surface area contributed by atoms with E-state index in [9.17, 15) is 14.0 Å². The summed E-state index contributed by atoms with van der Waals surface area (Å²) < 4.78 is 14.8. The molecule has 0 fully saturated rings. The summed E-state index contributed by atoms with van der Waals surface area (Å²) in [4.78, 5) is 30.5. The molecule has 0 atom stereocenters. The number of hydrogen-bond donors (Lipinski definition) is 0. The molecule has 156 valence electrons. The van der Waals surface area contributed by atoms with E-state index in [1.165, 1.54) is 29.5 Å². The normalized spacial score (nSPS) is 11.0. The minimum Gasteiger partial charge on any atom is -0.293 e. The molecule has 0 N–H and O–H groups in total. The minimum absolute atomic E-state index is 0.0246. The molecule has 3 aromatic carbocycles. The third-order valence-electron chi connectivity index (χ3n) is 5.10. The molecule has 0 bridgehead atoms. The van der Waals surface area contributed by atoms with E-state index in [1.807, 2.05) is 30.3 Å². The highest BCUT2D eigenvalue weighted by Crippen LogP contribution is 2.21. The Bertz CT molecular complexity index is 1280. The van der Waals surface area contributed by atoms with Gasteiger partial charge in [0, 0.05) is 5.56 Å². The number of carbonyl (C=O) groups excluding carboxylic acids is 1. The molecule has 0 amide bonds. The van der Waals surface area contributed by atoms with Gasteiger partial charge in [-0.15, -0.1) is 0 Å². The maximum atomic E-state index is 13.3. The minimum atomic E-state index is -0.331. The zero-order valence-corrected chi connectivity index (χ0v) is 17.9. The van der Waals surface area contributed by atoms with Gasteiger partial charge in [-0.2, -0.15) is 0 Å². The highest BCUT2D eigenvalue weighted by Gasteiger charge is 2.14. The fraction of sp³-hybridized carbons (Fsp3) is 0.160. The number of aromatic nitrogens is 2. The lowest BCUT2D eigenvalue weighted by molar-refractivity contribution is 0.102. The number of para-hydroxylation sites is 1. The van der Waals surface area contributed by atoms with Crippen LogP contribution in [0.1, 0.15) is 28.4 Å². The predicted molar refractivity (Wildman–Crippen MR) is 122 cm³/mol. The van der Waals surface area contributed by atoms with Crippen molar-refractivity contribution in [2.24, 2.45) is 0 Å². The van der Waals surface area contributed by atoms with Crippen LogP contribution in [0.3, 0.4) is 0 Å². The van der Waals surface area contributed by atoms with Crippen molar-refractivity contribution in [1.29, 1.82) is 0 Å². The van der Waals surface area contributed by atoms with Crippen molar-refractivity contribution < 1.29 is 9.18 Å². The zero-order chi connectivity index (χ0) is 21.8. The van der Waals surface area contributed by atoms with Gasteiger partial charge in [-0.1, -0.05) is 67.2 Å². The maximum absolute atomic E-state index is 13.3. The Hall–Kier alpha value is -3.25. The van der Waals surface area contributed by atoms with Crippen LogP contribution in [0, 0.1) is 5.82 Å². The van der Waals surface area contributed by atoms with E-state index in [4.69, 9.17) is 0 Å². The summed E-state index contributed by atoms with van der Waals surface area (Å²) in [6, 6.07) is 20.7. The van der Waals surface area contributed by atoms with Crippen molar-refractivity contribution in [2.75, 3.05) is 5.75 Å². The summed E-state index contributed by atoms with van der Waals surface area (Å²) in [5, 5.41) is 0.974. The smallest absolute Gasteiger partial charge is 0.262 e. The molecule has 1 heterocycles. The summed E-state index contributed by atoms with van der Waals surface area (Å²) >= 11 is 1.24. The van der Waals surface area contributed by atoms with Gasteiger partial charge in [-0.25, -0.2) is 9.37 Å². The monoisotopic (exact) mass is 432 g/mol. The third kappa shape index (κ3) is 4.75. The Morgan fingerprint density at radius 1 is 0.968 bits per heavy atom. The molecule has 0 aliphatic heterocycles. The average Bonchev–Trinajstić information content (AvgIpc) is 2.81. The van der Waals surface area contributed by atoms with Gasteiger partial charge in [0.15, 0.2) is 10.9 Å². The molecule has 4 nitrogen and oxygen atoms in total. The second-order valence-electron chi connectivity index (χ2n) is 7.19. The lowest BCUT2D eigenvalue weighted by Gasteiger charge is -2.13. The Kier molecular flexibility index (Phi) is 6.28. The van der Waals surface area contributed by atoms with E-state index in [-0.39, 0.29) is 29.5 Å². The maximum Gasteiger partial charge on any atom is 0.262 e. The second-order valence-corrected chi connectivity index (χ2v) is 8.13. The van der Waals surface area contributed by atoms with Crippen LogP contribution in [0.25, 0.3) is 10.9 Å². The Labute approximate surface area is 183 Å². The Balaban J connectivity index is 1.65. The summed E-state index contributed by atoms with van der Waals surface area (Å²) in [6.07, 6.45) is 0.917. The number of hydrogen-bond acceptors (Lipinski definition) is 4.